The van der Waals surface area contributed by atoms with Crippen molar-refractivity contribution in [3.05, 3.63) is 158 Å². The summed E-state index contributed by atoms with van der Waals surface area (Å²) in [6.45, 7) is 19.9. The Morgan fingerprint density at radius 3 is 1.20 bits per heavy atom. The molecule has 0 saturated carbocycles. The van der Waals surface area contributed by atoms with Crippen molar-refractivity contribution in [3.8, 4) is 0 Å². The number of pyridine rings is 3. The Kier molecular flexibility index (Phi) is 24.4. The minimum atomic E-state index is -4.64. The number of carboxylic acids is 1. The molecule has 0 atom stereocenters. The van der Waals surface area contributed by atoms with Gasteiger partial charge in [0.2, 0.25) is 35.8 Å². The first-order chi connectivity index (χ1) is 50.5. The number of aryl methyl sites for hydroxylation is 2. The Balaban J connectivity index is 0.000000167. The van der Waals surface area contributed by atoms with Crippen molar-refractivity contribution < 1.29 is 70.9 Å². The summed E-state index contributed by atoms with van der Waals surface area (Å²) in [5, 5.41) is 23.5. The molecule has 6 aliphatic heterocycles. The molecule has 3 fully saturated rings. The van der Waals surface area contributed by atoms with Gasteiger partial charge in [0.15, 0.2) is 0 Å². The summed E-state index contributed by atoms with van der Waals surface area (Å²) in [5.41, 5.74) is 5.00. The van der Waals surface area contributed by atoms with E-state index in [1.54, 1.807) is 72.9 Å². The number of nitrogens with zero attached hydrogens (tertiary/aromatic N) is 7. The van der Waals surface area contributed by atoms with E-state index in [4.69, 9.17) is 19.4 Å². The third-order valence-electron chi connectivity index (χ3n) is 19.8. The number of hydrogen-bond donors (Lipinski definition) is 5. The molecule has 566 valence electrons. The molecule has 23 nitrogen and oxygen atoms in total. The zero-order valence-electron chi connectivity index (χ0n) is 61.7. The summed E-state index contributed by atoms with van der Waals surface area (Å²) in [6, 6.07) is 22.5. The van der Waals surface area contributed by atoms with Crippen LogP contribution in [-0.2, 0) is 75.4 Å². The van der Waals surface area contributed by atoms with Crippen LogP contribution in [0, 0.1) is 30.1 Å². The first-order valence-corrected chi connectivity index (χ1v) is 37.0. The van der Waals surface area contributed by atoms with E-state index < -0.39 is 40.5 Å². The average molecular weight is 1510 g/mol. The van der Waals surface area contributed by atoms with Crippen LogP contribution in [-0.4, -0.2) is 164 Å². The highest BCUT2D eigenvalue weighted by molar-refractivity contribution is 7.19. The monoisotopic (exact) mass is 1510 g/mol. The van der Waals surface area contributed by atoms with Gasteiger partial charge < -0.3 is 55.4 Å². The van der Waals surface area contributed by atoms with Gasteiger partial charge in [0.25, 0.3) is 0 Å². The summed E-state index contributed by atoms with van der Waals surface area (Å²) in [7, 11) is 3.64. The maximum Gasteiger partial charge on any atom is 0.446 e. The average Bonchev–Trinajstić information content (AvgIpc) is 1.66. The number of halogens is 3. The van der Waals surface area contributed by atoms with Crippen LogP contribution in [0.25, 0.3) is 38.4 Å². The number of nitrogens with one attached hydrogen (secondary N) is 4. The van der Waals surface area contributed by atoms with Crippen LogP contribution < -0.4 is 21.3 Å². The zero-order valence-corrected chi connectivity index (χ0v) is 63.3. The number of thiophene rings is 2. The van der Waals surface area contributed by atoms with Crippen molar-refractivity contribution >= 4 is 133 Å². The van der Waals surface area contributed by atoms with Gasteiger partial charge in [-0.25, -0.2) is 29.3 Å². The molecule has 7 aromatic rings. The summed E-state index contributed by atoms with van der Waals surface area (Å²) in [6.07, 6.45) is 13.4. The van der Waals surface area contributed by atoms with Gasteiger partial charge >= 0.3 is 24.3 Å². The van der Waals surface area contributed by atoms with Gasteiger partial charge in [0.1, 0.15) is 28.7 Å². The lowest BCUT2D eigenvalue weighted by Crippen LogP contribution is -2.51. The van der Waals surface area contributed by atoms with E-state index in [9.17, 15) is 51.5 Å². The van der Waals surface area contributed by atoms with Crippen molar-refractivity contribution in [1.29, 1.82) is 0 Å². The molecule has 5 N–H and O–H groups in total. The molecule has 11 heterocycles. The van der Waals surface area contributed by atoms with Crippen molar-refractivity contribution in [1.82, 2.24) is 39.9 Å². The van der Waals surface area contributed by atoms with Gasteiger partial charge in [-0.05, 0) is 230 Å². The molecule has 0 unspecified atom stereocenters. The number of likely N-dealkylation sites (tertiary alicyclic amines) is 2. The number of piperidine rings is 3. The molecule has 0 radical (unpaired) electrons. The second kappa shape index (κ2) is 32.9. The summed E-state index contributed by atoms with van der Waals surface area (Å²) in [4.78, 5) is 131. The lowest BCUT2D eigenvalue weighted by molar-refractivity contribution is -0.156. The van der Waals surface area contributed by atoms with Gasteiger partial charge in [0.05, 0.1) is 29.3 Å². The smallest absolute Gasteiger partial charge is 0.446 e. The van der Waals surface area contributed by atoms with Crippen LogP contribution in [0.4, 0.5) is 40.2 Å². The maximum absolute atomic E-state index is 13.1. The predicted octanol–water partition coefficient (Wildman–Crippen LogP) is 13.4. The van der Waals surface area contributed by atoms with Crippen molar-refractivity contribution in [3.63, 3.8) is 0 Å². The lowest BCUT2D eigenvalue weighted by atomic mass is 9.71. The minimum absolute atomic E-state index is 0.0482. The number of aliphatic carboxylic acids is 1. The van der Waals surface area contributed by atoms with Crippen molar-refractivity contribution in [2.24, 2.45) is 16.2 Å². The molecule has 0 aliphatic carbocycles. The van der Waals surface area contributed by atoms with E-state index in [1.165, 1.54) is 53.3 Å². The Hall–Kier alpha value is -10.2. The third-order valence-corrected chi connectivity index (χ3v) is 22.3. The second-order valence-corrected chi connectivity index (χ2v) is 32.2. The number of aldehydes is 1. The number of benzene rings is 2. The van der Waals surface area contributed by atoms with Crippen molar-refractivity contribution in [2.75, 3.05) is 69.3 Å². The van der Waals surface area contributed by atoms with Crippen molar-refractivity contribution in [2.45, 2.75) is 144 Å². The fraction of sp³-hybridized carbons (Fsp3) is 0.418. The Morgan fingerprint density at radius 2 is 0.879 bits per heavy atom. The number of carboxylic acid groups (broad SMARTS) is 1. The van der Waals surface area contributed by atoms with Gasteiger partial charge in [0, 0.05) is 96.2 Å². The number of rotatable bonds is 10. The number of carbonyl (C=O) groups is 9. The van der Waals surface area contributed by atoms with Crippen LogP contribution in [0.2, 0.25) is 0 Å². The molecular formula is C79H90F3N11O12S2. The van der Waals surface area contributed by atoms with Gasteiger partial charge in [-0.3, -0.25) is 28.8 Å². The van der Waals surface area contributed by atoms with Crippen LogP contribution in [0.3, 0.4) is 0 Å². The van der Waals surface area contributed by atoms with Gasteiger partial charge in [-0.1, -0.05) is 36.4 Å². The van der Waals surface area contributed by atoms with Crippen LogP contribution in [0.5, 0.6) is 0 Å². The topological polar surface area (TPSA) is 292 Å². The van der Waals surface area contributed by atoms with E-state index in [1.807, 2.05) is 98.1 Å². The van der Waals surface area contributed by atoms with Crippen LogP contribution in [0.1, 0.15) is 134 Å². The van der Waals surface area contributed by atoms with E-state index in [0.29, 0.717) is 107 Å². The number of carbonyl (C=O) groups excluding carboxylic acids is 8. The Morgan fingerprint density at radius 1 is 0.551 bits per heavy atom. The number of likely N-dealkylation sites (N-methyl/N-ethyl adjacent to an activating group) is 2. The molecular weight excluding hydrogens is 1420 g/mol. The SMILES string of the molecule is CC(C)(C)OC(=O)N1CCC2(CC1)Cc1cc(/C=C/C(=O)O)cnc1NC2=O.Cc1c(CN(C)C(=O)/C=C/c2cnc3c(c2)CC2(CCN(C(=O)OC(C)(C)C)CC2)C(=O)N3)sc2ccccc12.Cc1c(CN(C)C(=O)/C=C/c2cnc3c(c2)CC2(CCNCC2)C(=O)N3)sc2ccccc12.O=CC(F)(F)F. The fourth-order valence-electron chi connectivity index (χ4n) is 13.8. The molecule has 3 spiro atoms. The number of hydrogen-bond acceptors (Lipinski definition) is 17. The van der Waals surface area contributed by atoms with E-state index in [-0.39, 0.29) is 47.1 Å². The summed E-state index contributed by atoms with van der Waals surface area (Å²) in [5.74, 6) is 0.506. The number of amides is 7. The van der Waals surface area contributed by atoms with Crippen LogP contribution in [0.15, 0.2) is 104 Å². The minimum Gasteiger partial charge on any atom is -0.478 e. The molecule has 5 aromatic heterocycles. The third kappa shape index (κ3) is 19.9. The first-order valence-electron chi connectivity index (χ1n) is 35.4. The van der Waals surface area contributed by atoms with E-state index in [0.717, 1.165) is 59.8 Å². The predicted molar refractivity (Wildman–Crippen MR) is 406 cm³/mol. The molecule has 28 heteroatoms. The number of aromatic nitrogens is 3. The summed E-state index contributed by atoms with van der Waals surface area (Å²) >= 11 is 3.47. The normalized spacial score (nSPS) is 17.1. The standard InChI is InChI=1S/C31H36N4O4S.C26H28N4O2S.C20H25N3O5.C2HF3O/c1-20-23-8-6-7-9-24(23)40-25(20)19-34(5)26(36)11-10-21-16-22-17-31(28(37)33-27(22)32-18-21)12-14-35(15-13-31)29(38)39-30(2,3)4;1-17-20-5-3-4-6-21(20)33-22(17)16-30(2)23(31)8-7-18-13-19-14-26(9-11-27-12-10-26)25(32)29-24(19)28-15-18;1-19(2,3)28-18(27)23-8-6-20(7-9-23)11-14-10-13(4-5-15(24)25)12-21-16(14)22-17(20)26;3-2(4,5)1-6/h6-11,16,18H,12-15,17,19H2,1-5H3,(H,32,33,37);3-8,13,15,27H,9-12,14,16H2,1-2H3,(H,28,29,32);4-5,10,12H,6-9,11H2,1-3H3,(H,24,25)(H,21,22,26);1H/b11-10+;8-7+;5-4+;. The van der Waals surface area contributed by atoms with Crippen LogP contribution >= 0.6 is 22.7 Å². The molecule has 13 rings (SSSR count). The van der Waals surface area contributed by atoms with E-state index >= 15 is 0 Å². The number of fused-ring (bicyclic) bond motifs is 5. The Labute approximate surface area is 627 Å². The molecule has 6 aliphatic rings. The fourth-order valence-corrected chi connectivity index (χ4v) is 16.3. The second-order valence-electron chi connectivity index (χ2n) is 29.9. The number of anilines is 3. The first kappa shape index (κ1) is 79.4. The highest BCUT2D eigenvalue weighted by Gasteiger charge is 2.48. The molecule has 107 heavy (non-hydrogen) atoms. The molecule has 3 saturated heterocycles. The largest absolute Gasteiger partial charge is 0.478 e. The Bertz CT molecular complexity index is 4640. The highest BCUT2D eigenvalue weighted by Crippen LogP contribution is 2.45. The maximum atomic E-state index is 13.1. The lowest BCUT2D eigenvalue weighted by Gasteiger charge is -2.43. The highest BCUT2D eigenvalue weighted by atomic mass is 32.1. The van der Waals surface area contributed by atoms with Gasteiger partial charge in [-0.2, -0.15) is 13.2 Å². The number of ether oxygens (including phenoxy) is 2. The zero-order chi connectivity index (χ0) is 77.4. The quantitative estimate of drug-likeness (QED) is 0.0628. The number of alkyl halides is 3. The molecule has 0 bridgehead atoms. The van der Waals surface area contributed by atoms with E-state index in [2.05, 4.69) is 80.4 Å². The molecule has 7 amide bonds. The summed E-state index contributed by atoms with van der Waals surface area (Å²) < 4.78 is 44.7. The molecule has 2 aromatic carbocycles. The van der Waals surface area contributed by atoms with Gasteiger partial charge in [-0.15, -0.1) is 22.7 Å².